The van der Waals surface area contributed by atoms with Crippen molar-refractivity contribution in [3.63, 3.8) is 0 Å². The lowest BCUT2D eigenvalue weighted by atomic mass is 9.81. The molecule has 1 saturated heterocycles. The highest BCUT2D eigenvalue weighted by Gasteiger charge is 2.42. The van der Waals surface area contributed by atoms with Gasteiger partial charge in [0.2, 0.25) is 0 Å². The van der Waals surface area contributed by atoms with E-state index in [0.29, 0.717) is 29.6 Å². The van der Waals surface area contributed by atoms with Gasteiger partial charge in [-0.3, -0.25) is 4.90 Å². The molecule has 3 aromatic rings. The molecule has 1 aliphatic rings. The van der Waals surface area contributed by atoms with Crippen molar-refractivity contribution in [1.29, 1.82) is 0 Å². The molecule has 30 heavy (non-hydrogen) atoms. The summed E-state index contributed by atoms with van der Waals surface area (Å²) in [5.74, 6) is 0. The fourth-order valence-corrected chi connectivity index (χ4v) is 4.45. The smallest absolute Gasteiger partial charge is 0.121 e. The third-order valence-corrected chi connectivity index (χ3v) is 6.28. The van der Waals surface area contributed by atoms with Crippen LogP contribution in [-0.2, 0) is 23.3 Å². The van der Waals surface area contributed by atoms with E-state index < -0.39 is 11.7 Å². The average molecular weight is 442 g/mol. The normalized spacial score (nSPS) is 19.4. The van der Waals surface area contributed by atoms with Gasteiger partial charge in [0.15, 0.2) is 0 Å². The first kappa shape index (κ1) is 21.4. The topological polar surface area (TPSA) is 32.7 Å². The lowest BCUT2D eigenvalue weighted by molar-refractivity contribution is -0.149. The molecule has 1 N–H and O–H groups in total. The summed E-state index contributed by atoms with van der Waals surface area (Å²) in [5.41, 5.74) is 1.64. The second-order valence-electron chi connectivity index (χ2n) is 7.78. The van der Waals surface area contributed by atoms with Crippen LogP contribution in [0.1, 0.15) is 16.7 Å². The van der Waals surface area contributed by atoms with Crippen LogP contribution in [0.15, 0.2) is 78.9 Å². The molecule has 0 aliphatic carbocycles. The second kappa shape index (κ2) is 9.51. The molecule has 1 fully saturated rings. The molecule has 2 atom stereocenters. The maximum Gasteiger partial charge on any atom is 0.121 e. The van der Waals surface area contributed by atoms with E-state index in [0.717, 1.165) is 24.2 Å². The Labute approximate surface area is 187 Å². The highest BCUT2D eigenvalue weighted by Crippen LogP contribution is 2.36. The van der Waals surface area contributed by atoms with Gasteiger partial charge in [0.1, 0.15) is 11.7 Å². The summed E-state index contributed by atoms with van der Waals surface area (Å²) in [7, 11) is 0. The summed E-state index contributed by atoms with van der Waals surface area (Å²) < 4.78 is 6.14. The Balaban J connectivity index is 1.63. The van der Waals surface area contributed by atoms with E-state index in [1.54, 1.807) is 12.1 Å². The summed E-state index contributed by atoms with van der Waals surface area (Å²) in [4.78, 5) is 2.33. The van der Waals surface area contributed by atoms with Gasteiger partial charge in [-0.2, -0.15) is 0 Å². The first-order chi connectivity index (χ1) is 14.5. The summed E-state index contributed by atoms with van der Waals surface area (Å²) >= 11 is 12.7. The number of benzene rings is 3. The lowest BCUT2D eigenvalue weighted by Crippen LogP contribution is -2.53. The van der Waals surface area contributed by atoms with Gasteiger partial charge in [-0.05, 0) is 34.9 Å². The van der Waals surface area contributed by atoms with Crippen LogP contribution in [0.5, 0.6) is 0 Å². The highest BCUT2D eigenvalue weighted by molar-refractivity contribution is 6.33. The zero-order valence-electron chi connectivity index (χ0n) is 16.7. The number of hydrogen-bond acceptors (Lipinski definition) is 3. The number of rotatable bonds is 6. The van der Waals surface area contributed by atoms with Gasteiger partial charge in [-0.15, -0.1) is 0 Å². The van der Waals surface area contributed by atoms with Crippen molar-refractivity contribution in [2.24, 2.45) is 0 Å². The van der Waals surface area contributed by atoms with Crippen molar-refractivity contribution in [3.8, 4) is 0 Å². The SMILES string of the molecule is O[C@](Cc1cc(Cl)ccc1Cl)(c1ccccc1)C1CN(Cc2ccccc2)CCO1. The van der Waals surface area contributed by atoms with Crippen molar-refractivity contribution >= 4 is 23.2 Å². The minimum absolute atomic E-state index is 0.320. The van der Waals surface area contributed by atoms with Crippen molar-refractivity contribution in [2.45, 2.75) is 24.7 Å². The third-order valence-electron chi connectivity index (χ3n) is 5.67. The van der Waals surface area contributed by atoms with Crippen molar-refractivity contribution < 1.29 is 9.84 Å². The van der Waals surface area contributed by atoms with Crippen LogP contribution >= 0.6 is 23.2 Å². The molecule has 0 saturated carbocycles. The van der Waals surface area contributed by atoms with Gasteiger partial charge < -0.3 is 9.84 Å². The molecule has 0 aromatic heterocycles. The number of nitrogens with zero attached hydrogens (tertiary/aromatic N) is 1. The molecule has 1 unspecified atom stereocenters. The van der Waals surface area contributed by atoms with E-state index in [4.69, 9.17) is 27.9 Å². The van der Waals surface area contributed by atoms with E-state index >= 15 is 0 Å². The quantitative estimate of drug-likeness (QED) is 0.561. The van der Waals surface area contributed by atoms with E-state index in [9.17, 15) is 5.11 Å². The fourth-order valence-electron chi connectivity index (χ4n) is 4.07. The maximum absolute atomic E-state index is 12.0. The standard InChI is InChI=1S/C25H25Cl2NO2/c26-22-11-12-23(27)20(15-22)16-25(29,21-9-5-2-6-10-21)24-18-28(13-14-30-24)17-19-7-3-1-4-8-19/h1-12,15,24,29H,13-14,16-18H2/t24?,25-/m1/s1. The van der Waals surface area contributed by atoms with Gasteiger partial charge >= 0.3 is 0 Å². The number of morpholine rings is 1. The van der Waals surface area contributed by atoms with Crippen molar-refractivity contribution in [1.82, 2.24) is 4.90 Å². The molecule has 0 spiro atoms. The molecule has 1 aliphatic heterocycles. The minimum atomic E-state index is -1.23. The van der Waals surface area contributed by atoms with Gasteiger partial charge in [0.05, 0.1) is 6.61 Å². The Morgan fingerprint density at radius 2 is 1.67 bits per heavy atom. The molecule has 3 aromatic carbocycles. The van der Waals surface area contributed by atoms with E-state index in [2.05, 4.69) is 29.2 Å². The van der Waals surface area contributed by atoms with Crippen LogP contribution in [0, 0.1) is 0 Å². The summed E-state index contributed by atoms with van der Waals surface area (Å²) in [6, 6.07) is 25.4. The average Bonchev–Trinajstić information content (AvgIpc) is 2.78. The fraction of sp³-hybridized carbons (Fsp3) is 0.280. The minimum Gasteiger partial charge on any atom is -0.382 e. The van der Waals surface area contributed by atoms with Gasteiger partial charge in [-0.25, -0.2) is 0 Å². The molecular formula is C25H25Cl2NO2. The molecule has 0 radical (unpaired) electrons. The molecule has 0 amide bonds. The van der Waals surface area contributed by atoms with Gasteiger partial charge in [-0.1, -0.05) is 83.9 Å². The zero-order valence-corrected chi connectivity index (χ0v) is 18.2. The largest absolute Gasteiger partial charge is 0.382 e. The predicted octanol–water partition coefficient (Wildman–Crippen LogP) is 5.32. The van der Waals surface area contributed by atoms with Crippen LogP contribution < -0.4 is 0 Å². The van der Waals surface area contributed by atoms with Crippen LogP contribution in [0.3, 0.4) is 0 Å². The number of hydrogen-bond donors (Lipinski definition) is 1. The van der Waals surface area contributed by atoms with Crippen LogP contribution in [0.2, 0.25) is 10.0 Å². The van der Waals surface area contributed by atoms with Crippen LogP contribution in [-0.4, -0.2) is 35.8 Å². The van der Waals surface area contributed by atoms with Crippen molar-refractivity contribution in [2.75, 3.05) is 19.7 Å². The monoisotopic (exact) mass is 441 g/mol. The Morgan fingerprint density at radius 3 is 2.40 bits per heavy atom. The molecule has 4 rings (SSSR count). The number of halogens is 2. The Hall–Kier alpha value is -1.88. The summed E-state index contributed by atoms with van der Waals surface area (Å²) in [6.07, 6.45) is -0.0762. The molecule has 0 bridgehead atoms. The van der Waals surface area contributed by atoms with Crippen LogP contribution in [0.25, 0.3) is 0 Å². The van der Waals surface area contributed by atoms with E-state index in [-0.39, 0.29) is 0 Å². The molecule has 156 valence electrons. The second-order valence-corrected chi connectivity index (χ2v) is 8.63. The zero-order chi connectivity index (χ0) is 21.0. The molecule has 5 heteroatoms. The maximum atomic E-state index is 12.0. The molecule has 3 nitrogen and oxygen atoms in total. The Kier molecular flexibility index (Phi) is 6.77. The summed E-state index contributed by atoms with van der Waals surface area (Å²) in [6.45, 7) is 2.84. The Bertz CT molecular complexity index is 967. The van der Waals surface area contributed by atoms with Gasteiger partial charge in [0.25, 0.3) is 0 Å². The van der Waals surface area contributed by atoms with E-state index in [1.165, 1.54) is 5.56 Å². The molecular weight excluding hydrogens is 417 g/mol. The highest BCUT2D eigenvalue weighted by atomic mass is 35.5. The van der Waals surface area contributed by atoms with Crippen LogP contribution in [0.4, 0.5) is 0 Å². The Morgan fingerprint density at radius 1 is 0.967 bits per heavy atom. The third kappa shape index (κ3) is 4.88. The van der Waals surface area contributed by atoms with Crippen molar-refractivity contribution in [3.05, 3.63) is 106 Å². The summed E-state index contributed by atoms with van der Waals surface area (Å²) in [5, 5.41) is 13.2. The lowest BCUT2D eigenvalue weighted by Gasteiger charge is -2.42. The predicted molar refractivity (Wildman–Crippen MR) is 122 cm³/mol. The first-order valence-corrected chi connectivity index (χ1v) is 10.9. The van der Waals surface area contributed by atoms with E-state index in [1.807, 2.05) is 42.5 Å². The van der Waals surface area contributed by atoms with Gasteiger partial charge in [0, 0.05) is 36.1 Å². The first-order valence-electron chi connectivity index (χ1n) is 10.1. The number of ether oxygens (including phenoxy) is 1. The molecule has 1 heterocycles. The number of aliphatic hydroxyl groups is 1.